The average molecular weight is 421 g/mol. The van der Waals surface area contributed by atoms with Crippen molar-refractivity contribution < 1.29 is 9.59 Å². The summed E-state index contributed by atoms with van der Waals surface area (Å²) >= 11 is 0. The van der Waals surface area contributed by atoms with Crippen molar-refractivity contribution in [2.75, 3.05) is 0 Å². The highest BCUT2D eigenvalue weighted by molar-refractivity contribution is 6.02. The Hall–Kier alpha value is -1.58. The van der Waals surface area contributed by atoms with E-state index in [1.165, 1.54) is 38.5 Å². The minimum absolute atomic E-state index is 0.00375. The Balaban J connectivity index is 1.05. The number of hydrogen-bond donors (Lipinski definition) is 2. The zero-order chi connectivity index (χ0) is 20.8. The highest BCUT2D eigenvalue weighted by Gasteiger charge is 2.53. The average Bonchev–Trinajstić information content (AvgIpc) is 3.15. The molecule has 8 bridgehead atoms. The molecule has 1 unspecified atom stereocenters. The van der Waals surface area contributed by atoms with Gasteiger partial charge in [0, 0.05) is 16.7 Å². The SMILES string of the molecule is O=C(NC12CC3CC(CC(C3)C1)C2)C1=CC=CC1C(=O)NC12CC3CC(CC(C3)C1)C2. The van der Waals surface area contributed by atoms with Gasteiger partial charge in [-0.2, -0.15) is 0 Å². The van der Waals surface area contributed by atoms with Crippen LogP contribution in [0.1, 0.15) is 77.0 Å². The van der Waals surface area contributed by atoms with Gasteiger partial charge < -0.3 is 10.6 Å². The molecule has 9 aliphatic carbocycles. The quantitative estimate of drug-likeness (QED) is 0.714. The van der Waals surface area contributed by atoms with Gasteiger partial charge >= 0.3 is 0 Å². The second-order valence-electron chi connectivity index (χ2n) is 12.8. The van der Waals surface area contributed by atoms with Crippen LogP contribution in [0.5, 0.6) is 0 Å². The summed E-state index contributed by atoms with van der Waals surface area (Å²) in [6.45, 7) is 0. The molecule has 2 amide bonds. The molecule has 166 valence electrons. The zero-order valence-electron chi connectivity index (χ0n) is 18.6. The third kappa shape index (κ3) is 3.07. The molecule has 0 heterocycles. The number of nitrogens with one attached hydrogen (secondary N) is 2. The molecule has 8 saturated carbocycles. The fourth-order valence-corrected chi connectivity index (χ4v) is 10.1. The first-order valence-electron chi connectivity index (χ1n) is 13.0. The van der Waals surface area contributed by atoms with Gasteiger partial charge in [-0.05, 0) is 113 Å². The lowest BCUT2D eigenvalue weighted by Crippen LogP contribution is -2.61. The maximum atomic E-state index is 13.4. The summed E-state index contributed by atoms with van der Waals surface area (Å²) in [5.41, 5.74) is 0.665. The number of rotatable bonds is 4. The topological polar surface area (TPSA) is 58.2 Å². The molecule has 9 rings (SSSR count). The van der Waals surface area contributed by atoms with Gasteiger partial charge in [0.25, 0.3) is 0 Å². The van der Waals surface area contributed by atoms with Crippen molar-refractivity contribution in [3.8, 4) is 0 Å². The molecule has 1 atom stereocenters. The predicted octanol–water partition coefficient (Wildman–Crippen LogP) is 4.27. The van der Waals surface area contributed by atoms with Crippen LogP contribution in [0.2, 0.25) is 0 Å². The Morgan fingerprint density at radius 3 is 1.55 bits per heavy atom. The van der Waals surface area contributed by atoms with Crippen molar-refractivity contribution in [3.63, 3.8) is 0 Å². The van der Waals surface area contributed by atoms with Crippen molar-refractivity contribution in [3.05, 3.63) is 23.8 Å². The van der Waals surface area contributed by atoms with Crippen LogP contribution < -0.4 is 10.6 Å². The minimum atomic E-state index is -0.415. The van der Waals surface area contributed by atoms with Crippen LogP contribution in [-0.2, 0) is 9.59 Å². The van der Waals surface area contributed by atoms with E-state index in [1.54, 1.807) is 0 Å². The molecular formula is C27H36N2O2. The molecule has 2 N–H and O–H groups in total. The predicted molar refractivity (Wildman–Crippen MR) is 119 cm³/mol. The molecule has 0 aromatic carbocycles. The van der Waals surface area contributed by atoms with Gasteiger partial charge in [-0.3, -0.25) is 9.59 Å². The molecule has 0 aromatic heterocycles. The Morgan fingerprint density at radius 1 is 0.677 bits per heavy atom. The molecule has 0 saturated heterocycles. The van der Waals surface area contributed by atoms with E-state index in [0.717, 1.165) is 74.0 Å². The van der Waals surface area contributed by atoms with E-state index >= 15 is 0 Å². The third-order valence-corrected chi connectivity index (χ3v) is 10.3. The Kier molecular flexibility index (Phi) is 3.96. The molecule has 0 radical (unpaired) electrons. The van der Waals surface area contributed by atoms with Crippen molar-refractivity contribution in [2.45, 2.75) is 88.1 Å². The summed E-state index contributed by atoms with van der Waals surface area (Å²) in [4.78, 5) is 26.8. The van der Waals surface area contributed by atoms with Crippen molar-refractivity contribution in [2.24, 2.45) is 41.4 Å². The van der Waals surface area contributed by atoms with E-state index in [-0.39, 0.29) is 22.9 Å². The molecule has 8 fully saturated rings. The molecule has 9 aliphatic rings. The lowest BCUT2D eigenvalue weighted by molar-refractivity contribution is -0.131. The molecule has 0 aromatic rings. The fraction of sp³-hybridized carbons (Fsp3) is 0.778. The molecule has 4 heteroatoms. The second kappa shape index (κ2) is 6.48. The summed E-state index contributed by atoms with van der Waals surface area (Å²) in [5, 5.41) is 6.98. The lowest BCUT2D eigenvalue weighted by Gasteiger charge is -2.57. The highest BCUT2D eigenvalue weighted by atomic mass is 16.2. The van der Waals surface area contributed by atoms with Crippen LogP contribution in [0.4, 0.5) is 0 Å². The van der Waals surface area contributed by atoms with E-state index in [2.05, 4.69) is 10.6 Å². The van der Waals surface area contributed by atoms with E-state index in [4.69, 9.17) is 0 Å². The van der Waals surface area contributed by atoms with Gasteiger partial charge in [0.05, 0.1) is 5.92 Å². The number of amides is 2. The van der Waals surface area contributed by atoms with Gasteiger partial charge in [-0.15, -0.1) is 0 Å². The first-order chi connectivity index (χ1) is 15.0. The van der Waals surface area contributed by atoms with Crippen molar-refractivity contribution in [1.29, 1.82) is 0 Å². The van der Waals surface area contributed by atoms with Gasteiger partial charge in [0.1, 0.15) is 0 Å². The fourth-order valence-electron chi connectivity index (χ4n) is 10.1. The Morgan fingerprint density at radius 2 is 1.10 bits per heavy atom. The number of hydrogen-bond acceptors (Lipinski definition) is 2. The zero-order valence-corrected chi connectivity index (χ0v) is 18.6. The van der Waals surface area contributed by atoms with Crippen LogP contribution in [0.15, 0.2) is 23.8 Å². The van der Waals surface area contributed by atoms with Crippen molar-refractivity contribution in [1.82, 2.24) is 10.6 Å². The van der Waals surface area contributed by atoms with Crippen LogP contribution in [0, 0.1) is 41.4 Å². The lowest BCUT2D eigenvalue weighted by atomic mass is 9.53. The van der Waals surface area contributed by atoms with E-state index in [0.29, 0.717) is 5.57 Å². The molecule has 0 spiro atoms. The van der Waals surface area contributed by atoms with Crippen LogP contribution in [0.25, 0.3) is 0 Å². The first kappa shape index (κ1) is 18.9. The van der Waals surface area contributed by atoms with Gasteiger partial charge in [-0.25, -0.2) is 0 Å². The number of carbonyl (C=O) groups excluding carboxylic acids is 2. The number of carbonyl (C=O) groups is 2. The van der Waals surface area contributed by atoms with E-state index in [9.17, 15) is 9.59 Å². The first-order valence-corrected chi connectivity index (χ1v) is 13.0. The standard InChI is InChI=1S/C27H36N2O2/c30-24(28-26-10-16-4-17(11-26)6-18(5-16)12-26)22-2-1-3-23(22)25(31)29-27-13-19-7-20(14-27)9-21(8-19)15-27/h1-3,16-22H,4-15H2,(H,28,30)(H,29,31). The summed E-state index contributed by atoms with van der Waals surface area (Å²) in [7, 11) is 0. The van der Waals surface area contributed by atoms with Gasteiger partial charge in [0.2, 0.25) is 11.8 Å². The Bertz CT molecular complexity index is 813. The van der Waals surface area contributed by atoms with Gasteiger partial charge in [0.15, 0.2) is 0 Å². The smallest absolute Gasteiger partial charge is 0.248 e. The minimum Gasteiger partial charge on any atom is -0.350 e. The summed E-state index contributed by atoms with van der Waals surface area (Å²) in [6, 6.07) is 0. The van der Waals surface area contributed by atoms with E-state index in [1.807, 2.05) is 18.2 Å². The van der Waals surface area contributed by atoms with Crippen LogP contribution in [-0.4, -0.2) is 22.9 Å². The van der Waals surface area contributed by atoms with E-state index < -0.39 is 5.92 Å². The maximum absolute atomic E-state index is 13.4. The summed E-state index contributed by atoms with van der Waals surface area (Å²) in [5.74, 6) is 4.48. The molecule has 0 aliphatic heterocycles. The van der Waals surface area contributed by atoms with Crippen LogP contribution in [0.3, 0.4) is 0 Å². The molecule has 4 nitrogen and oxygen atoms in total. The maximum Gasteiger partial charge on any atom is 0.248 e. The summed E-state index contributed by atoms with van der Waals surface area (Å²) < 4.78 is 0. The van der Waals surface area contributed by atoms with Crippen molar-refractivity contribution >= 4 is 11.8 Å². The summed E-state index contributed by atoms with van der Waals surface area (Å²) in [6.07, 6.45) is 20.9. The molecule has 31 heavy (non-hydrogen) atoms. The third-order valence-electron chi connectivity index (χ3n) is 10.3. The highest BCUT2D eigenvalue weighted by Crippen LogP contribution is 2.57. The van der Waals surface area contributed by atoms with Crippen LogP contribution >= 0.6 is 0 Å². The normalized spacial score (nSPS) is 50.6. The number of allylic oxidation sites excluding steroid dienone is 2. The van der Waals surface area contributed by atoms with Gasteiger partial charge in [-0.1, -0.05) is 18.2 Å². The second-order valence-corrected chi connectivity index (χ2v) is 12.8. The molecular weight excluding hydrogens is 384 g/mol. The Labute approximate surface area is 185 Å². The largest absolute Gasteiger partial charge is 0.350 e. The monoisotopic (exact) mass is 420 g/mol.